The van der Waals surface area contributed by atoms with Gasteiger partial charge in [0, 0.05) is 11.0 Å². The van der Waals surface area contributed by atoms with Crippen LogP contribution in [0.3, 0.4) is 0 Å². The van der Waals surface area contributed by atoms with Crippen LogP contribution >= 0.6 is 15.9 Å². The van der Waals surface area contributed by atoms with E-state index in [1.54, 1.807) is 0 Å². The van der Waals surface area contributed by atoms with Crippen molar-refractivity contribution < 1.29 is 5.11 Å². The highest BCUT2D eigenvalue weighted by Gasteiger charge is 2.38. The lowest BCUT2D eigenvalue weighted by Gasteiger charge is -2.40. The summed E-state index contributed by atoms with van der Waals surface area (Å²) >= 11 is 0. The number of unbranched alkanes of at least 4 members (excludes halogenated alkanes) is 6. The maximum Gasteiger partial charge on any atom is 0.123 e. The molecule has 0 saturated carbocycles. The lowest BCUT2D eigenvalue weighted by molar-refractivity contribution is 0.358. The van der Waals surface area contributed by atoms with Crippen LogP contribution in [0, 0.1) is 10.8 Å². The van der Waals surface area contributed by atoms with E-state index in [9.17, 15) is 5.11 Å². The highest BCUT2D eigenvalue weighted by Crippen LogP contribution is 2.72. The Labute approximate surface area is 166 Å². The molecule has 0 saturated heterocycles. The van der Waals surface area contributed by atoms with Crippen molar-refractivity contribution in [2.75, 3.05) is 6.16 Å². The molecule has 0 bridgehead atoms. The molecule has 0 aromatic carbocycles. The number of aliphatic hydroxyl groups excluding tert-OH is 1. The van der Waals surface area contributed by atoms with Gasteiger partial charge in [0.25, 0.3) is 0 Å². The molecule has 1 rings (SSSR count). The first kappa shape index (κ1) is 24.2. The second-order valence-corrected chi connectivity index (χ2v) is 15.1. The molecule has 1 heterocycles. The zero-order chi connectivity index (χ0) is 20.0. The molecule has 1 N–H and O–H groups in total. The summed E-state index contributed by atoms with van der Waals surface area (Å²) in [5, 5.41) is 12.5. The second kappa shape index (κ2) is 10.6. The van der Waals surface area contributed by atoms with E-state index < -0.39 is 0 Å². The van der Waals surface area contributed by atoms with Gasteiger partial charge in [-0.3, -0.25) is 0 Å². The quantitative estimate of drug-likeness (QED) is 0.303. The Morgan fingerprint density at radius 3 is 1.96 bits per heavy atom. The largest absolute Gasteiger partial charge is 0.507 e. The summed E-state index contributed by atoms with van der Waals surface area (Å²) in [6.07, 6.45) is 13.4. The maximum absolute atomic E-state index is 11.1. The fraction of sp³-hybridized carbons (Fsp3) is 0.826. The van der Waals surface area contributed by atoms with E-state index in [0.29, 0.717) is 11.4 Å². The minimum absolute atomic E-state index is 0.0118. The first-order valence-corrected chi connectivity index (χ1v) is 14.1. The van der Waals surface area contributed by atoms with E-state index in [4.69, 9.17) is 0 Å². The topological polar surface area (TPSA) is 20.2 Å². The zero-order valence-electron chi connectivity index (χ0n) is 18.7. The summed E-state index contributed by atoms with van der Waals surface area (Å²) in [5.41, 5.74) is 1.82. The van der Waals surface area contributed by atoms with Crippen LogP contribution in [-0.2, 0) is 0 Å². The predicted octanol–water partition coefficient (Wildman–Crippen LogP) is 9.00. The van der Waals surface area contributed by atoms with Gasteiger partial charge in [0.15, 0.2) is 0 Å². The van der Waals surface area contributed by atoms with Crippen molar-refractivity contribution in [1.29, 1.82) is 0 Å². The third kappa shape index (κ3) is 7.28. The molecular formula is C23H44OP2. The van der Waals surface area contributed by atoms with Crippen LogP contribution in [0.5, 0.6) is 0 Å². The van der Waals surface area contributed by atoms with Crippen molar-refractivity contribution in [1.82, 2.24) is 0 Å². The third-order valence-electron chi connectivity index (χ3n) is 5.12. The minimum Gasteiger partial charge on any atom is -0.507 e. The molecule has 3 heteroatoms. The Morgan fingerprint density at radius 2 is 1.46 bits per heavy atom. The molecule has 1 aliphatic heterocycles. The van der Waals surface area contributed by atoms with Gasteiger partial charge in [-0.2, -0.15) is 0 Å². The first-order valence-electron chi connectivity index (χ1n) is 10.7. The first-order chi connectivity index (χ1) is 12.0. The number of aliphatic hydroxyl groups is 1. The Morgan fingerprint density at radius 1 is 0.923 bits per heavy atom. The van der Waals surface area contributed by atoms with E-state index in [2.05, 4.69) is 61.5 Å². The number of allylic oxidation sites excluding steroid dienone is 3. The average molecular weight is 399 g/mol. The molecule has 0 aromatic heterocycles. The van der Waals surface area contributed by atoms with Crippen molar-refractivity contribution in [2.45, 2.75) is 106 Å². The molecule has 0 aromatic rings. The molecule has 152 valence electrons. The van der Waals surface area contributed by atoms with Gasteiger partial charge in [-0.1, -0.05) is 108 Å². The summed E-state index contributed by atoms with van der Waals surface area (Å²) < 4.78 is 0. The highest BCUT2D eigenvalue weighted by atomic mass is 32.0. The van der Waals surface area contributed by atoms with Crippen LogP contribution in [0.25, 0.3) is 0 Å². The standard InChI is InChI=1S/C23H44OP2/c1-9-10-11-12-13-14-15-16-25-26-18(2)17-19(22(3,4)5)20(24)21(26)23(6,7)8/h17-18,24-25H,9-16H2,1-8H3. The normalized spacial score (nSPS) is 22.4. The smallest absolute Gasteiger partial charge is 0.123 e. The SMILES string of the molecule is CCCCCCCCCPP1C(C(C)(C)C)=C(O)C(C(C)(C)C)=CC1C. The van der Waals surface area contributed by atoms with Gasteiger partial charge in [-0.05, 0) is 36.6 Å². The summed E-state index contributed by atoms with van der Waals surface area (Å²) in [4.78, 5) is 0. The van der Waals surface area contributed by atoms with Crippen molar-refractivity contribution in [3.8, 4) is 0 Å². The van der Waals surface area contributed by atoms with Crippen molar-refractivity contribution in [3.63, 3.8) is 0 Å². The molecule has 3 unspecified atom stereocenters. The van der Waals surface area contributed by atoms with Gasteiger partial charge >= 0.3 is 0 Å². The van der Waals surface area contributed by atoms with E-state index in [1.807, 2.05) is 0 Å². The Bertz CT molecular complexity index is 491. The van der Waals surface area contributed by atoms with Crippen LogP contribution in [0.4, 0.5) is 0 Å². The van der Waals surface area contributed by atoms with Crippen molar-refractivity contribution in [2.24, 2.45) is 10.8 Å². The monoisotopic (exact) mass is 398 g/mol. The molecular weight excluding hydrogens is 354 g/mol. The number of rotatable bonds is 9. The minimum atomic E-state index is -0.247. The highest BCUT2D eigenvalue weighted by molar-refractivity contribution is 8.23. The number of hydrogen-bond acceptors (Lipinski definition) is 1. The molecule has 1 nitrogen and oxygen atoms in total. The molecule has 0 amide bonds. The third-order valence-corrected chi connectivity index (χ3v) is 11.9. The summed E-state index contributed by atoms with van der Waals surface area (Å²) in [7, 11) is 0.743. The van der Waals surface area contributed by atoms with Gasteiger partial charge in [0.2, 0.25) is 0 Å². The average Bonchev–Trinajstić information content (AvgIpc) is 2.50. The van der Waals surface area contributed by atoms with Crippen LogP contribution in [0.2, 0.25) is 0 Å². The predicted molar refractivity (Wildman–Crippen MR) is 124 cm³/mol. The molecule has 0 spiro atoms. The summed E-state index contributed by atoms with van der Waals surface area (Å²) in [6.45, 7) is 18.2. The van der Waals surface area contributed by atoms with Gasteiger partial charge in [0.05, 0.1) is 0 Å². The second-order valence-electron chi connectivity index (χ2n) is 9.92. The molecule has 1 aliphatic rings. The molecule has 26 heavy (non-hydrogen) atoms. The zero-order valence-corrected chi connectivity index (χ0v) is 20.6. The molecule has 0 aliphatic carbocycles. The van der Waals surface area contributed by atoms with E-state index in [0.717, 1.165) is 13.8 Å². The fourth-order valence-electron chi connectivity index (χ4n) is 3.67. The summed E-state index contributed by atoms with van der Waals surface area (Å²) in [6, 6.07) is 0. The van der Waals surface area contributed by atoms with E-state index >= 15 is 0 Å². The van der Waals surface area contributed by atoms with Crippen LogP contribution in [0.1, 0.15) is 100 Å². The lowest BCUT2D eigenvalue weighted by atomic mass is 9.82. The van der Waals surface area contributed by atoms with Gasteiger partial charge in [0.1, 0.15) is 5.76 Å². The number of hydrogen-bond donors (Lipinski definition) is 1. The van der Waals surface area contributed by atoms with Crippen molar-refractivity contribution >= 4 is 15.9 Å². The van der Waals surface area contributed by atoms with Crippen molar-refractivity contribution in [3.05, 3.63) is 22.7 Å². The van der Waals surface area contributed by atoms with Crippen LogP contribution in [0.15, 0.2) is 22.7 Å². The molecule has 0 radical (unpaired) electrons. The van der Waals surface area contributed by atoms with Gasteiger partial charge < -0.3 is 5.11 Å². The Balaban J connectivity index is 2.71. The molecule has 0 fully saturated rings. The Kier molecular flexibility index (Phi) is 9.88. The fourth-order valence-corrected chi connectivity index (χ4v) is 10.6. The maximum atomic E-state index is 11.1. The van der Waals surface area contributed by atoms with Crippen LogP contribution in [-0.4, -0.2) is 16.9 Å². The summed E-state index contributed by atoms with van der Waals surface area (Å²) in [5.74, 6) is 0.626. The molecule has 3 atom stereocenters. The van der Waals surface area contributed by atoms with E-state index in [1.165, 1.54) is 56.4 Å². The Hall–Kier alpha value is 0.140. The lowest BCUT2D eigenvalue weighted by Crippen LogP contribution is -2.23. The van der Waals surface area contributed by atoms with Gasteiger partial charge in [-0.15, -0.1) is 0 Å². The van der Waals surface area contributed by atoms with E-state index in [-0.39, 0.29) is 18.4 Å². The van der Waals surface area contributed by atoms with Gasteiger partial charge in [-0.25, -0.2) is 0 Å². The van der Waals surface area contributed by atoms with Crippen LogP contribution < -0.4 is 0 Å².